The van der Waals surface area contributed by atoms with Crippen molar-refractivity contribution in [1.29, 1.82) is 0 Å². The molecule has 20 heavy (non-hydrogen) atoms. The van der Waals surface area contributed by atoms with E-state index in [9.17, 15) is 22.7 Å². The minimum Gasteiger partial charge on any atom is -0.389 e. The normalized spacial score (nSPS) is 17.9. The molecule has 1 aromatic rings. The lowest BCUT2D eigenvalue weighted by molar-refractivity contribution is -0.0944. The predicted molar refractivity (Wildman–Crippen MR) is 68.0 cm³/mol. The lowest BCUT2D eigenvalue weighted by Crippen LogP contribution is -2.33. The maximum absolute atomic E-state index is 13.9. The molecule has 1 heterocycles. The first-order chi connectivity index (χ1) is 9.30. The molecule has 1 unspecified atom stereocenters. The number of benzene rings is 1. The maximum Gasteiger partial charge on any atom is 0.412 e. The summed E-state index contributed by atoms with van der Waals surface area (Å²) < 4.78 is 51.6. The Kier molecular flexibility index (Phi) is 4.04. The van der Waals surface area contributed by atoms with Crippen LogP contribution < -0.4 is 4.90 Å². The SMILES string of the molecule is CC(O)c1cccc(F)c1N1CC=C(C(F)(F)F)CC1. The van der Waals surface area contributed by atoms with Crippen molar-refractivity contribution in [2.45, 2.75) is 25.6 Å². The van der Waals surface area contributed by atoms with Crippen molar-refractivity contribution >= 4 is 5.69 Å². The Morgan fingerprint density at radius 2 is 2.00 bits per heavy atom. The predicted octanol–water partition coefficient (Wildman–Crippen LogP) is 3.58. The maximum atomic E-state index is 13.9. The van der Waals surface area contributed by atoms with Gasteiger partial charge in [-0.25, -0.2) is 4.39 Å². The third-order valence-electron chi connectivity index (χ3n) is 3.36. The molecule has 2 nitrogen and oxygen atoms in total. The Morgan fingerprint density at radius 1 is 1.30 bits per heavy atom. The third-order valence-corrected chi connectivity index (χ3v) is 3.36. The van der Waals surface area contributed by atoms with Gasteiger partial charge < -0.3 is 10.0 Å². The number of anilines is 1. The molecule has 0 fully saturated rings. The molecule has 1 aromatic carbocycles. The number of aliphatic hydroxyl groups excluding tert-OH is 1. The van der Waals surface area contributed by atoms with E-state index >= 15 is 0 Å². The third kappa shape index (κ3) is 2.95. The summed E-state index contributed by atoms with van der Waals surface area (Å²) in [6, 6.07) is 4.29. The molecular formula is C14H15F4NO. The van der Waals surface area contributed by atoms with Gasteiger partial charge in [0.05, 0.1) is 11.8 Å². The zero-order chi connectivity index (χ0) is 14.9. The summed E-state index contributed by atoms with van der Waals surface area (Å²) in [5.41, 5.74) is -0.0162. The van der Waals surface area contributed by atoms with Crippen LogP contribution in [0.15, 0.2) is 29.8 Å². The molecule has 0 bridgehead atoms. The second-order valence-electron chi connectivity index (χ2n) is 4.78. The highest BCUT2D eigenvalue weighted by atomic mass is 19.4. The van der Waals surface area contributed by atoms with Crippen molar-refractivity contribution in [2.75, 3.05) is 18.0 Å². The fourth-order valence-corrected chi connectivity index (χ4v) is 2.33. The Balaban J connectivity index is 2.30. The van der Waals surface area contributed by atoms with Crippen molar-refractivity contribution in [3.63, 3.8) is 0 Å². The molecule has 0 saturated carbocycles. The summed E-state index contributed by atoms with van der Waals surface area (Å²) in [6.07, 6.45) is -4.32. The zero-order valence-electron chi connectivity index (χ0n) is 10.9. The van der Waals surface area contributed by atoms with Gasteiger partial charge in [-0.3, -0.25) is 0 Å². The quantitative estimate of drug-likeness (QED) is 0.664. The van der Waals surface area contributed by atoms with E-state index in [1.165, 1.54) is 24.0 Å². The smallest absolute Gasteiger partial charge is 0.389 e. The summed E-state index contributed by atoms with van der Waals surface area (Å²) in [5, 5.41) is 9.65. The molecule has 1 aliphatic heterocycles. The standard InChI is InChI=1S/C14H15F4NO/c1-9(20)11-3-2-4-12(15)13(11)19-7-5-10(6-8-19)14(16,17)18/h2-5,9,20H,6-8H2,1H3. The van der Waals surface area contributed by atoms with Crippen LogP contribution in [0.3, 0.4) is 0 Å². The summed E-state index contributed by atoms with van der Waals surface area (Å²) in [6.45, 7) is 1.56. The lowest BCUT2D eigenvalue weighted by atomic mass is 10.0. The van der Waals surface area contributed by atoms with Gasteiger partial charge in [-0.2, -0.15) is 13.2 Å². The van der Waals surface area contributed by atoms with Gasteiger partial charge in [0.2, 0.25) is 0 Å². The van der Waals surface area contributed by atoms with Crippen molar-refractivity contribution in [3.05, 3.63) is 41.2 Å². The number of halogens is 4. The lowest BCUT2D eigenvalue weighted by Gasteiger charge is -2.31. The van der Waals surface area contributed by atoms with Crippen LogP contribution in [0.1, 0.15) is 25.0 Å². The van der Waals surface area contributed by atoms with Crippen molar-refractivity contribution < 1.29 is 22.7 Å². The molecule has 0 saturated heterocycles. The fraction of sp³-hybridized carbons (Fsp3) is 0.429. The Labute approximate surface area is 114 Å². The van der Waals surface area contributed by atoms with Gasteiger partial charge >= 0.3 is 6.18 Å². The Morgan fingerprint density at radius 3 is 2.50 bits per heavy atom. The number of nitrogens with zero attached hydrogens (tertiary/aromatic N) is 1. The average Bonchev–Trinajstić information content (AvgIpc) is 2.37. The van der Waals surface area contributed by atoms with Gasteiger partial charge in [0.1, 0.15) is 5.82 Å². The van der Waals surface area contributed by atoms with E-state index in [0.717, 1.165) is 6.08 Å². The van der Waals surface area contributed by atoms with Gasteiger partial charge in [0.25, 0.3) is 0 Å². The molecule has 0 spiro atoms. The molecule has 1 aliphatic rings. The van der Waals surface area contributed by atoms with Gasteiger partial charge in [-0.1, -0.05) is 18.2 Å². The molecule has 0 amide bonds. The van der Waals surface area contributed by atoms with Crippen LogP contribution in [0.5, 0.6) is 0 Å². The number of hydrogen-bond donors (Lipinski definition) is 1. The van der Waals surface area contributed by atoms with Gasteiger partial charge in [0, 0.05) is 24.2 Å². The molecule has 2 rings (SSSR count). The van der Waals surface area contributed by atoms with Crippen molar-refractivity contribution in [3.8, 4) is 0 Å². The van der Waals surface area contributed by atoms with Crippen LogP contribution in [0.4, 0.5) is 23.2 Å². The highest BCUT2D eigenvalue weighted by Crippen LogP contribution is 2.34. The van der Waals surface area contributed by atoms with E-state index in [2.05, 4.69) is 0 Å². The first kappa shape index (κ1) is 14.8. The van der Waals surface area contributed by atoms with Crippen LogP contribution in [-0.4, -0.2) is 24.4 Å². The first-order valence-corrected chi connectivity index (χ1v) is 6.28. The summed E-state index contributed by atoms with van der Waals surface area (Å²) in [5.74, 6) is -0.535. The minimum absolute atomic E-state index is 0.0184. The second kappa shape index (κ2) is 5.44. The number of rotatable bonds is 2. The Hall–Kier alpha value is -1.56. The van der Waals surface area contributed by atoms with E-state index in [0.29, 0.717) is 5.56 Å². The largest absolute Gasteiger partial charge is 0.412 e. The van der Waals surface area contributed by atoms with E-state index in [-0.39, 0.29) is 25.2 Å². The van der Waals surface area contributed by atoms with Crippen molar-refractivity contribution in [2.24, 2.45) is 0 Å². The monoisotopic (exact) mass is 289 g/mol. The van der Waals surface area contributed by atoms with E-state index in [4.69, 9.17) is 0 Å². The van der Waals surface area contributed by atoms with Crippen molar-refractivity contribution in [1.82, 2.24) is 0 Å². The zero-order valence-corrected chi connectivity index (χ0v) is 10.9. The number of para-hydroxylation sites is 1. The molecule has 1 atom stereocenters. The Bertz CT molecular complexity index is 522. The van der Waals surface area contributed by atoms with Crippen LogP contribution >= 0.6 is 0 Å². The van der Waals surface area contributed by atoms with Gasteiger partial charge in [-0.05, 0) is 19.4 Å². The van der Waals surface area contributed by atoms with Gasteiger partial charge in [0.15, 0.2) is 0 Å². The van der Waals surface area contributed by atoms with Gasteiger partial charge in [-0.15, -0.1) is 0 Å². The second-order valence-corrected chi connectivity index (χ2v) is 4.78. The topological polar surface area (TPSA) is 23.5 Å². The van der Waals surface area contributed by atoms with E-state index in [1.54, 1.807) is 6.07 Å². The summed E-state index contributed by atoms with van der Waals surface area (Å²) >= 11 is 0. The molecule has 0 radical (unpaired) electrons. The highest BCUT2D eigenvalue weighted by Gasteiger charge is 2.35. The minimum atomic E-state index is -4.32. The van der Waals surface area contributed by atoms with Crippen LogP contribution in [0, 0.1) is 5.82 Å². The molecule has 0 aliphatic carbocycles. The molecule has 1 N–H and O–H groups in total. The van der Waals surface area contributed by atoms with E-state index in [1.807, 2.05) is 0 Å². The number of hydrogen-bond acceptors (Lipinski definition) is 2. The summed E-state index contributed by atoms with van der Waals surface area (Å²) in [7, 11) is 0. The van der Waals surface area contributed by atoms with E-state index < -0.39 is 23.7 Å². The molecule has 6 heteroatoms. The fourth-order valence-electron chi connectivity index (χ4n) is 2.33. The molecule has 110 valence electrons. The van der Waals surface area contributed by atoms with Crippen LogP contribution in [0.25, 0.3) is 0 Å². The highest BCUT2D eigenvalue weighted by molar-refractivity contribution is 5.57. The first-order valence-electron chi connectivity index (χ1n) is 6.28. The van der Waals surface area contributed by atoms with Crippen LogP contribution in [0.2, 0.25) is 0 Å². The molecular weight excluding hydrogens is 274 g/mol. The summed E-state index contributed by atoms with van der Waals surface area (Å²) in [4.78, 5) is 1.52. The average molecular weight is 289 g/mol. The van der Waals surface area contributed by atoms with Crippen LogP contribution in [-0.2, 0) is 0 Å². The number of aliphatic hydroxyl groups is 1. The molecule has 0 aromatic heterocycles. The number of alkyl halides is 3.